The molecule has 0 amide bonds. The van der Waals surface area contributed by atoms with Crippen LogP contribution in [-0.4, -0.2) is 30.8 Å². The van der Waals surface area contributed by atoms with Gasteiger partial charge in [0.05, 0.1) is 17.6 Å². The number of aliphatic imine (C=N–C) groups is 1. The summed E-state index contributed by atoms with van der Waals surface area (Å²) in [6, 6.07) is 0.193. The highest BCUT2D eigenvalue weighted by molar-refractivity contribution is 6.75. The highest BCUT2D eigenvalue weighted by atomic mass is 16.1. The Morgan fingerprint density at radius 3 is 2.73 bits per heavy atom. The van der Waals surface area contributed by atoms with Crippen molar-refractivity contribution in [2.24, 2.45) is 4.99 Å². The van der Waals surface area contributed by atoms with Gasteiger partial charge in [-0.25, -0.2) is 0 Å². The number of nitrogens with zero attached hydrogens (tertiary/aromatic N) is 1. The van der Waals surface area contributed by atoms with Gasteiger partial charge in [-0.3, -0.25) is 4.99 Å². The molecule has 0 saturated heterocycles. The van der Waals surface area contributed by atoms with Crippen LogP contribution in [0.15, 0.2) is 4.99 Å². The Hall–Kier alpha value is -0.795. The first-order valence-electron chi connectivity index (χ1n) is 3.76. The number of carbonyl (C=O) groups excluding carboxylic acids is 1. The maximum absolute atomic E-state index is 10.7. The number of hydrogen-bond acceptors (Lipinski definition) is 3. The van der Waals surface area contributed by atoms with E-state index < -0.39 is 0 Å². The number of amidine groups is 1. The molecule has 2 unspecified atom stereocenters. The minimum atomic E-state index is 0.0965. The van der Waals surface area contributed by atoms with Crippen LogP contribution >= 0.6 is 0 Å². The Labute approximate surface area is 67.5 Å². The lowest BCUT2D eigenvalue weighted by atomic mass is 9.64. The first-order chi connectivity index (χ1) is 5.09. The largest absolute Gasteiger partial charge is 0.377 e. The van der Waals surface area contributed by atoms with Gasteiger partial charge in [-0.2, -0.15) is 0 Å². The second-order valence-electron chi connectivity index (χ2n) is 2.90. The molecular weight excluding hydrogens is 139 g/mol. The van der Waals surface area contributed by atoms with Gasteiger partial charge in [-0.05, 0) is 20.8 Å². The predicted octanol–water partition coefficient (Wildman–Crippen LogP) is -0.0267. The van der Waals surface area contributed by atoms with Gasteiger partial charge in [0, 0.05) is 5.94 Å². The lowest BCUT2D eigenvalue weighted by molar-refractivity contribution is -0.110. The smallest absolute Gasteiger partial charge is 0.232 e. The summed E-state index contributed by atoms with van der Waals surface area (Å²) < 4.78 is 0. The first-order valence-corrected chi connectivity index (χ1v) is 3.76. The number of rotatable bonds is 2. The molecule has 2 atom stereocenters. The fourth-order valence-electron chi connectivity index (χ4n) is 1.22. The monoisotopic (exact) mass is 151 g/mol. The quantitative estimate of drug-likeness (QED) is 0.563. The molecule has 1 rings (SSSR count). The van der Waals surface area contributed by atoms with Crippen LogP contribution in [0.1, 0.15) is 20.8 Å². The van der Waals surface area contributed by atoms with Crippen molar-refractivity contribution in [3.05, 3.63) is 0 Å². The van der Waals surface area contributed by atoms with Crippen molar-refractivity contribution in [1.82, 2.24) is 5.32 Å². The fraction of sp³-hybridized carbons (Fsp3) is 0.714. The third-order valence-corrected chi connectivity index (χ3v) is 1.71. The van der Waals surface area contributed by atoms with Crippen LogP contribution < -0.4 is 5.32 Å². The Morgan fingerprint density at radius 1 is 1.73 bits per heavy atom. The van der Waals surface area contributed by atoms with E-state index in [0.29, 0.717) is 0 Å². The third-order valence-electron chi connectivity index (χ3n) is 1.71. The maximum atomic E-state index is 10.7. The number of hydrogen-bond donors (Lipinski definition) is 1. The number of nitrogens with one attached hydrogen (secondary N) is 1. The molecule has 1 heterocycles. The van der Waals surface area contributed by atoms with Crippen molar-refractivity contribution in [3.63, 3.8) is 0 Å². The second-order valence-corrected chi connectivity index (χ2v) is 2.90. The Bertz CT molecular complexity index is 203. The van der Waals surface area contributed by atoms with Gasteiger partial charge in [0.15, 0.2) is 0 Å². The highest BCUT2D eigenvalue weighted by Crippen LogP contribution is 2.04. The molecule has 0 fully saturated rings. The van der Waals surface area contributed by atoms with Crippen LogP contribution in [0.25, 0.3) is 0 Å². The van der Waals surface area contributed by atoms with Crippen molar-refractivity contribution in [2.75, 3.05) is 0 Å². The molecule has 4 heteroatoms. The van der Waals surface area contributed by atoms with Gasteiger partial charge in [-0.15, -0.1) is 0 Å². The van der Waals surface area contributed by atoms with Gasteiger partial charge in [0.25, 0.3) is 0 Å². The lowest BCUT2D eigenvalue weighted by Crippen LogP contribution is -2.40. The van der Waals surface area contributed by atoms with Crippen LogP contribution in [0.4, 0.5) is 0 Å². The van der Waals surface area contributed by atoms with Crippen molar-refractivity contribution in [2.45, 2.75) is 32.8 Å². The van der Waals surface area contributed by atoms with E-state index >= 15 is 0 Å². The van der Waals surface area contributed by atoms with Crippen LogP contribution in [0.5, 0.6) is 0 Å². The summed E-state index contributed by atoms with van der Waals surface area (Å²) in [7, 11) is 1.67. The van der Waals surface area contributed by atoms with E-state index in [1.165, 1.54) is 0 Å². The zero-order valence-electron chi connectivity index (χ0n) is 7.09. The lowest BCUT2D eigenvalue weighted by Gasteiger charge is -2.11. The average molecular weight is 151 g/mol. The summed E-state index contributed by atoms with van der Waals surface area (Å²) in [5.41, 5.74) is 0.0965. The second kappa shape index (κ2) is 3.07. The Balaban J connectivity index is 2.46. The van der Waals surface area contributed by atoms with E-state index in [9.17, 15) is 4.79 Å². The van der Waals surface area contributed by atoms with Crippen molar-refractivity contribution < 1.29 is 4.79 Å². The SMILES string of the molecule is CC(=O)[B]C1NC(C)=NC1C. The molecule has 0 saturated carbocycles. The summed E-state index contributed by atoms with van der Waals surface area (Å²) in [5, 5.41) is 3.11. The highest BCUT2D eigenvalue weighted by Gasteiger charge is 2.24. The molecule has 1 aliphatic rings. The molecule has 11 heavy (non-hydrogen) atoms. The topological polar surface area (TPSA) is 41.5 Å². The molecule has 0 aromatic carbocycles. The van der Waals surface area contributed by atoms with E-state index in [1.807, 2.05) is 13.8 Å². The van der Waals surface area contributed by atoms with Gasteiger partial charge < -0.3 is 10.1 Å². The molecule has 1 aliphatic heterocycles. The van der Waals surface area contributed by atoms with Crippen molar-refractivity contribution in [1.29, 1.82) is 0 Å². The third kappa shape index (κ3) is 2.07. The molecule has 0 aromatic heterocycles. The van der Waals surface area contributed by atoms with Crippen LogP contribution in [-0.2, 0) is 4.79 Å². The molecule has 59 valence electrons. The number of carbonyl (C=O) groups is 1. The van der Waals surface area contributed by atoms with Gasteiger partial charge in [0.2, 0.25) is 7.28 Å². The van der Waals surface area contributed by atoms with Gasteiger partial charge in [0.1, 0.15) is 0 Å². The molecule has 3 nitrogen and oxygen atoms in total. The zero-order chi connectivity index (χ0) is 8.43. The average Bonchev–Trinajstić information content (AvgIpc) is 2.09. The van der Waals surface area contributed by atoms with E-state index in [2.05, 4.69) is 10.3 Å². The first kappa shape index (κ1) is 8.30. The molecule has 1 N–H and O–H groups in total. The molecule has 0 aromatic rings. The molecule has 0 aliphatic carbocycles. The molecule has 1 radical (unpaired) electrons. The van der Waals surface area contributed by atoms with E-state index in [0.717, 1.165) is 5.84 Å². The predicted molar refractivity (Wildman–Crippen MR) is 45.9 cm³/mol. The fourth-order valence-corrected chi connectivity index (χ4v) is 1.22. The molecular formula is C7H12BN2O. The minimum Gasteiger partial charge on any atom is -0.377 e. The zero-order valence-corrected chi connectivity index (χ0v) is 7.09. The van der Waals surface area contributed by atoms with Gasteiger partial charge >= 0.3 is 0 Å². The van der Waals surface area contributed by atoms with E-state index in [1.54, 1.807) is 14.2 Å². The summed E-state index contributed by atoms with van der Waals surface area (Å²) >= 11 is 0. The normalized spacial score (nSPS) is 29.2. The summed E-state index contributed by atoms with van der Waals surface area (Å²) in [6.45, 7) is 5.46. The maximum Gasteiger partial charge on any atom is 0.232 e. The molecule has 0 bridgehead atoms. The summed E-state index contributed by atoms with van der Waals surface area (Å²) in [6.07, 6.45) is 0. The summed E-state index contributed by atoms with van der Waals surface area (Å²) in [4.78, 5) is 15.0. The van der Waals surface area contributed by atoms with Crippen molar-refractivity contribution >= 4 is 18.8 Å². The van der Waals surface area contributed by atoms with Crippen molar-refractivity contribution in [3.8, 4) is 0 Å². The standard InChI is InChI=1S/C7H12BN2O/c1-4-7(8-5(2)11)10-6(3)9-4/h4,7H,1-3H3,(H,9,10). The van der Waals surface area contributed by atoms with Crippen LogP contribution in [0, 0.1) is 0 Å². The minimum absolute atomic E-state index is 0.0965. The Morgan fingerprint density at radius 2 is 2.36 bits per heavy atom. The van der Waals surface area contributed by atoms with E-state index in [-0.39, 0.29) is 17.7 Å². The summed E-state index contributed by atoms with van der Waals surface area (Å²) in [5.74, 6) is 1.02. The van der Waals surface area contributed by atoms with E-state index in [4.69, 9.17) is 0 Å². The van der Waals surface area contributed by atoms with Crippen LogP contribution in [0.3, 0.4) is 0 Å². The van der Waals surface area contributed by atoms with Gasteiger partial charge in [-0.1, -0.05) is 0 Å². The van der Waals surface area contributed by atoms with Crippen LogP contribution in [0.2, 0.25) is 0 Å². The molecule has 0 spiro atoms. The Kier molecular flexibility index (Phi) is 2.32.